The Hall–Kier alpha value is -1.10. The zero-order valence-electron chi connectivity index (χ0n) is 11.8. The van der Waals surface area contributed by atoms with Gasteiger partial charge >= 0.3 is 6.03 Å². The van der Waals surface area contributed by atoms with E-state index in [-0.39, 0.29) is 5.91 Å². The summed E-state index contributed by atoms with van der Waals surface area (Å²) in [6.07, 6.45) is 8.98. The number of urea groups is 1. The number of imide groups is 1. The first kappa shape index (κ1) is 14.3. The van der Waals surface area contributed by atoms with Gasteiger partial charge in [-0.3, -0.25) is 15.0 Å². The number of carbonyl (C=O) groups excluding carboxylic acids is 2. The zero-order chi connectivity index (χ0) is 13.7. The van der Waals surface area contributed by atoms with Crippen LogP contribution in [0.25, 0.3) is 0 Å². The molecule has 19 heavy (non-hydrogen) atoms. The molecule has 5 heteroatoms. The van der Waals surface area contributed by atoms with E-state index in [0.717, 1.165) is 12.5 Å². The van der Waals surface area contributed by atoms with Crippen molar-refractivity contribution in [3.8, 4) is 0 Å². The van der Waals surface area contributed by atoms with Crippen LogP contribution >= 0.6 is 0 Å². The van der Waals surface area contributed by atoms with Crippen molar-refractivity contribution in [2.45, 2.75) is 51.0 Å². The van der Waals surface area contributed by atoms with Crippen molar-refractivity contribution in [2.24, 2.45) is 5.92 Å². The van der Waals surface area contributed by atoms with Crippen LogP contribution in [0, 0.1) is 5.92 Å². The summed E-state index contributed by atoms with van der Waals surface area (Å²) in [6.45, 7) is 1.38. The molecule has 0 aromatic heterocycles. The highest BCUT2D eigenvalue weighted by atomic mass is 16.2. The van der Waals surface area contributed by atoms with Gasteiger partial charge < -0.3 is 5.32 Å². The molecule has 2 rings (SSSR count). The highest BCUT2D eigenvalue weighted by molar-refractivity contribution is 5.95. The Kier molecular flexibility index (Phi) is 5.19. The molecular formula is C14H25N3O2. The van der Waals surface area contributed by atoms with Crippen LogP contribution < -0.4 is 10.6 Å². The molecule has 0 aromatic rings. The van der Waals surface area contributed by atoms with E-state index in [0.29, 0.717) is 12.6 Å². The fraction of sp³-hybridized carbons (Fsp3) is 0.857. The van der Waals surface area contributed by atoms with Crippen molar-refractivity contribution in [1.29, 1.82) is 0 Å². The van der Waals surface area contributed by atoms with Gasteiger partial charge in [0.15, 0.2) is 0 Å². The van der Waals surface area contributed by atoms with E-state index >= 15 is 0 Å². The van der Waals surface area contributed by atoms with Crippen molar-refractivity contribution in [2.75, 3.05) is 20.1 Å². The minimum Gasteiger partial charge on any atom is -0.341 e. The maximum absolute atomic E-state index is 11.8. The maximum Gasteiger partial charge on any atom is 0.321 e. The molecule has 108 valence electrons. The van der Waals surface area contributed by atoms with Crippen LogP contribution in [0.5, 0.6) is 0 Å². The largest absolute Gasteiger partial charge is 0.341 e. The summed E-state index contributed by atoms with van der Waals surface area (Å²) < 4.78 is 0. The highest BCUT2D eigenvalue weighted by Gasteiger charge is 2.32. The Morgan fingerprint density at radius 3 is 2.37 bits per heavy atom. The predicted molar refractivity (Wildman–Crippen MR) is 73.8 cm³/mol. The van der Waals surface area contributed by atoms with E-state index in [4.69, 9.17) is 0 Å². The Morgan fingerprint density at radius 2 is 1.79 bits per heavy atom. The molecule has 2 saturated carbocycles. The third-order valence-electron chi connectivity index (χ3n) is 4.11. The van der Waals surface area contributed by atoms with Crippen LogP contribution in [0.2, 0.25) is 0 Å². The van der Waals surface area contributed by atoms with E-state index < -0.39 is 6.03 Å². The van der Waals surface area contributed by atoms with Gasteiger partial charge in [-0.2, -0.15) is 0 Å². The number of carbonyl (C=O) groups is 2. The molecule has 3 amide bonds. The molecular weight excluding hydrogens is 242 g/mol. The number of nitrogens with one attached hydrogen (secondary N) is 2. The van der Waals surface area contributed by atoms with Gasteiger partial charge in [0, 0.05) is 19.6 Å². The van der Waals surface area contributed by atoms with Crippen LogP contribution in [0.4, 0.5) is 4.79 Å². The lowest BCUT2D eigenvalue weighted by molar-refractivity contribution is -0.121. The third-order valence-corrected chi connectivity index (χ3v) is 4.11. The van der Waals surface area contributed by atoms with Crippen molar-refractivity contribution < 1.29 is 9.59 Å². The van der Waals surface area contributed by atoms with Gasteiger partial charge in [-0.25, -0.2) is 4.79 Å². The molecule has 0 unspecified atom stereocenters. The normalized spacial score (nSPS) is 20.3. The van der Waals surface area contributed by atoms with Gasteiger partial charge in [-0.1, -0.05) is 19.3 Å². The van der Waals surface area contributed by atoms with Gasteiger partial charge in [0.05, 0.1) is 6.54 Å². The molecule has 0 heterocycles. The molecule has 0 spiro atoms. The van der Waals surface area contributed by atoms with Gasteiger partial charge in [0.25, 0.3) is 0 Å². The van der Waals surface area contributed by atoms with E-state index in [1.165, 1.54) is 52.0 Å². The topological polar surface area (TPSA) is 61.4 Å². The molecule has 5 nitrogen and oxygen atoms in total. The zero-order valence-corrected chi connectivity index (χ0v) is 11.8. The fourth-order valence-electron chi connectivity index (χ4n) is 2.90. The summed E-state index contributed by atoms with van der Waals surface area (Å²) in [7, 11) is 1.52. The monoisotopic (exact) mass is 267 g/mol. The summed E-state index contributed by atoms with van der Waals surface area (Å²) >= 11 is 0. The molecule has 0 aliphatic heterocycles. The fourth-order valence-corrected chi connectivity index (χ4v) is 2.90. The molecule has 0 saturated heterocycles. The van der Waals surface area contributed by atoms with Crippen molar-refractivity contribution in [3.05, 3.63) is 0 Å². The van der Waals surface area contributed by atoms with Crippen molar-refractivity contribution in [3.63, 3.8) is 0 Å². The average Bonchev–Trinajstić information content (AvgIpc) is 3.23. The molecule has 0 aromatic carbocycles. The molecule has 2 fully saturated rings. The number of amides is 3. The Morgan fingerprint density at radius 1 is 1.11 bits per heavy atom. The maximum atomic E-state index is 11.8. The summed E-state index contributed by atoms with van der Waals surface area (Å²) in [6, 6.07) is 0.149. The first-order chi connectivity index (χ1) is 9.19. The second-order valence-electron chi connectivity index (χ2n) is 5.79. The summed E-state index contributed by atoms with van der Waals surface area (Å²) in [5, 5.41) is 4.76. The highest BCUT2D eigenvalue weighted by Crippen LogP contribution is 2.30. The van der Waals surface area contributed by atoms with E-state index in [1.54, 1.807) is 0 Å². The quantitative estimate of drug-likeness (QED) is 0.793. The number of rotatable bonds is 5. The Balaban J connectivity index is 1.78. The van der Waals surface area contributed by atoms with Crippen molar-refractivity contribution >= 4 is 11.9 Å². The first-order valence-corrected chi connectivity index (χ1v) is 7.44. The molecule has 0 atom stereocenters. The van der Waals surface area contributed by atoms with Crippen molar-refractivity contribution in [1.82, 2.24) is 15.5 Å². The van der Waals surface area contributed by atoms with E-state index in [2.05, 4.69) is 15.5 Å². The lowest BCUT2D eigenvalue weighted by atomic mass is 9.89. The summed E-state index contributed by atoms with van der Waals surface area (Å²) in [4.78, 5) is 25.2. The van der Waals surface area contributed by atoms with Crippen LogP contribution in [-0.2, 0) is 4.79 Å². The molecule has 2 aliphatic carbocycles. The molecule has 2 aliphatic rings. The van der Waals surface area contributed by atoms with Gasteiger partial charge in [0.2, 0.25) is 5.91 Å². The predicted octanol–water partition coefficient (Wildman–Crippen LogP) is 1.49. The average molecular weight is 267 g/mol. The van der Waals surface area contributed by atoms with Crippen LogP contribution in [0.1, 0.15) is 44.9 Å². The SMILES string of the molecule is CNC(=O)NC(=O)CN(CC1CCCCC1)C1CC1. The van der Waals surface area contributed by atoms with Gasteiger partial charge in [-0.05, 0) is 31.6 Å². The van der Waals surface area contributed by atoms with E-state index in [1.807, 2.05) is 0 Å². The van der Waals surface area contributed by atoms with Crippen LogP contribution in [-0.4, -0.2) is 43.0 Å². The summed E-state index contributed by atoms with van der Waals surface area (Å²) in [5.74, 6) is 0.546. The molecule has 0 bridgehead atoms. The third kappa shape index (κ3) is 4.82. The minimum absolute atomic E-state index is 0.193. The minimum atomic E-state index is -0.418. The number of hydrogen-bond donors (Lipinski definition) is 2. The first-order valence-electron chi connectivity index (χ1n) is 7.44. The Labute approximate surface area is 115 Å². The lowest BCUT2D eigenvalue weighted by Gasteiger charge is -2.29. The van der Waals surface area contributed by atoms with Crippen LogP contribution in [0.3, 0.4) is 0 Å². The van der Waals surface area contributed by atoms with E-state index in [9.17, 15) is 9.59 Å². The number of nitrogens with zero attached hydrogens (tertiary/aromatic N) is 1. The molecule has 2 N–H and O–H groups in total. The standard InChI is InChI=1S/C14H25N3O2/c1-15-14(19)16-13(18)10-17(12-7-8-12)9-11-5-3-2-4-6-11/h11-12H,2-10H2,1H3,(H2,15,16,18,19). The molecule has 0 radical (unpaired) electrons. The van der Waals surface area contributed by atoms with Crippen LogP contribution in [0.15, 0.2) is 0 Å². The summed E-state index contributed by atoms with van der Waals surface area (Å²) in [5.41, 5.74) is 0. The second kappa shape index (κ2) is 6.89. The Bertz CT molecular complexity index is 323. The number of hydrogen-bond acceptors (Lipinski definition) is 3. The second-order valence-corrected chi connectivity index (χ2v) is 5.79. The van der Waals surface area contributed by atoms with Gasteiger partial charge in [-0.15, -0.1) is 0 Å². The smallest absolute Gasteiger partial charge is 0.321 e. The lowest BCUT2D eigenvalue weighted by Crippen LogP contribution is -2.45. The van der Waals surface area contributed by atoms with Gasteiger partial charge in [0.1, 0.15) is 0 Å².